The van der Waals surface area contributed by atoms with Gasteiger partial charge in [0.2, 0.25) is 0 Å². The van der Waals surface area contributed by atoms with Crippen LogP contribution in [0.4, 0.5) is 23.7 Å². The van der Waals surface area contributed by atoms with Gasteiger partial charge in [0, 0.05) is 5.69 Å². The van der Waals surface area contributed by atoms with Crippen molar-refractivity contribution in [1.82, 2.24) is 0 Å². The number of nitrogens with one attached hydrogen (secondary N) is 1. The van der Waals surface area contributed by atoms with Gasteiger partial charge in [0.1, 0.15) is 5.60 Å². The third-order valence-corrected chi connectivity index (χ3v) is 3.26. The van der Waals surface area contributed by atoms with Crippen molar-refractivity contribution in [2.75, 3.05) is 5.32 Å². The number of ether oxygens (including phenoxy) is 1. The Morgan fingerprint density at radius 3 is 1.77 bits per heavy atom. The van der Waals surface area contributed by atoms with E-state index >= 15 is 0 Å². The van der Waals surface area contributed by atoms with Crippen molar-refractivity contribution in [3.8, 4) is 0 Å². The molecule has 0 saturated carbocycles. The smallest absolute Gasteiger partial charge is 0.416 e. The van der Waals surface area contributed by atoms with Crippen molar-refractivity contribution >= 4 is 23.9 Å². The van der Waals surface area contributed by atoms with Crippen molar-refractivity contribution in [3.63, 3.8) is 0 Å². The number of anilines is 1. The molecule has 1 N–H and O–H groups in total. The molecule has 26 heavy (non-hydrogen) atoms. The van der Waals surface area contributed by atoms with Crippen molar-refractivity contribution < 1.29 is 22.7 Å². The molecular formula is C20H20F3NO2. The SMILES string of the molecule is CC(C)(C)OC(=O)Nc1ccc(/C=C/c2ccc(C(F)(F)F)cc2)cc1. The summed E-state index contributed by atoms with van der Waals surface area (Å²) >= 11 is 0. The first-order chi connectivity index (χ1) is 12.0. The maximum absolute atomic E-state index is 12.5. The van der Waals surface area contributed by atoms with Gasteiger partial charge in [-0.1, -0.05) is 36.4 Å². The normalized spacial score (nSPS) is 12.2. The predicted molar refractivity (Wildman–Crippen MR) is 96.7 cm³/mol. The van der Waals surface area contributed by atoms with Gasteiger partial charge in [-0.25, -0.2) is 4.79 Å². The van der Waals surface area contributed by atoms with Gasteiger partial charge in [-0.2, -0.15) is 13.2 Å². The van der Waals surface area contributed by atoms with Crippen molar-refractivity contribution in [1.29, 1.82) is 0 Å². The first-order valence-electron chi connectivity index (χ1n) is 7.98. The lowest BCUT2D eigenvalue weighted by atomic mass is 10.1. The molecule has 0 saturated heterocycles. The van der Waals surface area contributed by atoms with E-state index in [1.54, 1.807) is 57.2 Å². The molecule has 1 amide bonds. The summed E-state index contributed by atoms with van der Waals surface area (Å²) in [5.74, 6) is 0. The number of alkyl halides is 3. The Morgan fingerprint density at radius 1 is 0.885 bits per heavy atom. The number of hydrogen-bond acceptors (Lipinski definition) is 2. The van der Waals surface area contributed by atoms with Crippen molar-refractivity contribution in [3.05, 3.63) is 65.2 Å². The number of carbonyl (C=O) groups is 1. The van der Waals surface area contributed by atoms with Crippen LogP contribution in [-0.2, 0) is 10.9 Å². The molecule has 2 aromatic carbocycles. The second kappa shape index (κ2) is 7.64. The zero-order valence-electron chi connectivity index (χ0n) is 14.7. The number of halogens is 3. The van der Waals surface area contributed by atoms with Gasteiger partial charge in [-0.3, -0.25) is 5.32 Å². The first kappa shape index (κ1) is 19.6. The third kappa shape index (κ3) is 6.27. The summed E-state index contributed by atoms with van der Waals surface area (Å²) in [6, 6.07) is 11.9. The molecule has 3 nitrogen and oxygen atoms in total. The van der Waals surface area contributed by atoms with E-state index in [0.29, 0.717) is 11.3 Å². The Labute approximate surface area is 150 Å². The molecule has 0 aliphatic heterocycles. The van der Waals surface area contributed by atoms with Gasteiger partial charge < -0.3 is 4.74 Å². The van der Waals surface area contributed by atoms with Gasteiger partial charge in [0.15, 0.2) is 0 Å². The predicted octanol–water partition coefficient (Wildman–Crippen LogP) is 6.22. The molecule has 138 valence electrons. The van der Waals surface area contributed by atoms with Crippen LogP contribution < -0.4 is 5.32 Å². The van der Waals surface area contributed by atoms with Crippen LogP contribution in [0.25, 0.3) is 12.2 Å². The maximum Gasteiger partial charge on any atom is 0.416 e. The van der Waals surface area contributed by atoms with Crippen LogP contribution in [0.2, 0.25) is 0 Å². The van der Waals surface area contributed by atoms with Crippen molar-refractivity contribution in [2.24, 2.45) is 0 Å². The monoisotopic (exact) mass is 363 g/mol. The summed E-state index contributed by atoms with van der Waals surface area (Å²) in [6.45, 7) is 5.34. The highest BCUT2D eigenvalue weighted by atomic mass is 19.4. The molecule has 0 atom stereocenters. The number of carbonyl (C=O) groups excluding carboxylic acids is 1. The van der Waals surface area contributed by atoms with Gasteiger partial charge in [-0.15, -0.1) is 0 Å². The highest BCUT2D eigenvalue weighted by Crippen LogP contribution is 2.29. The molecule has 0 unspecified atom stereocenters. The summed E-state index contributed by atoms with van der Waals surface area (Å²) in [6.07, 6.45) is -1.37. The third-order valence-electron chi connectivity index (χ3n) is 3.26. The minimum atomic E-state index is -4.33. The molecule has 0 heterocycles. The summed E-state index contributed by atoms with van der Waals surface area (Å²) in [7, 11) is 0. The minimum Gasteiger partial charge on any atom is -0.444 e. The molecule has 2 rings (SSSR count). The molecule has 2 aromatic rings. The molecule has 6 heteroatoms. The van der Waals surface area contributed by atoms with Crippen LogP contribution in [0.15, 0.2) is 48.5 Å². The van der Waals surface area contributed by atoms with E-state index in [4.69, 9.17) is 4.74 Å². The maximum atomic E-state index is 12.5. The fraction of sp³-hybridized carbons (Fsp3) is 0.250. The van der Waals surface area contributed by atoms with Gasteiger partial charge in [0.05, 0.1) is 5.56 Å². The number of hydrogen-bond donors (Lipinski definition) is 1. The van der Waals surface area contributed by atoms with Crippen LogP contribution in [0.1, 0.15) is 37.5 Å². The second-order valence-electron chi connectivity index (χ2n) is 6.70. The fourth-order valence-electron chi connectivity index (χ4n) is 2.07. The van der Waals surface area contributed by atoms with E-state index in [-0.39, 0.29) is 0 Å². The fourth-order valence-corrected chi connectivity index (χ4v) is 2.07. The Morgan fingerprint density at radius 2 is 1.35 bits per heavy atom. The van der Waals surface area contributed by atoms with Gasteiger partial charge >= 0.3 is 12.3 Å². The summed E-state index contributed by atoms with van der Waals surface area (Å²) in [4.78, 5) is 11.7. The topological polar surface area (TPSA) is 38.3 Å². The van der Waals surface area contributed by atoms with E-state index in [1.807, 2.05) is 0 Å². The molecule has 0 aliphatic carbocycles. The van der Waals surface area contributed by atoms with E-state index in [0.717, 1.165) is 17.7 Å². The Hall–Kier alpha value is -2.76. The van der Waals surface area contributed by atoms with Crippen molar-refractivity contribution in [2.45, 2.75) is 32.5 Å². The lowest BCUT2D eigenvalue weighted by Gasteiger charge is -2.19. The average molecular weight is 363 g/mol. The number of rotatable bonds is 3. The Bertz CT molecular complexity index is 771. The van der Waals surface area contributed by atoms with E-state index in [2.05, 4.69) is 5.32 Å². The van der Waals surface area contributed by atoms with Crippen LogP contribution >= 0.6 is 0 Å². The summed E-state index contributed by atoms with van der Waals surface area (Å²) in [5.41, 5.74) is 0.848. The average Bonchev–Trinajstić information content (AvgIpc) is 2.52. The number of benzene rings is 2. The molecule has 0 aliphatic rings. The molecule has 0 aromatic heterocycles. The first-order valence-corrected chi connectivity index (χ1v) is 7.98. The molecule has 0 radical (unpaired) electrons. The standard InChI is InChI=1S/C20H20F3NO2/c1-19(2,3)26-18(25)24-17-12-8-15(9-13-17)5-4-14-6-10-16(11-7-14)20(21,22)23/h4-13H,1-3H3,(H,24,25)/b5-4+. The molecule has 0 fully saturated rings. The lowest BCUT2D eigenvalue weighted by molar-refractivity contribution is -0.137. The van der Waals surface area contributed by atoms with Crippen LogP contribution in [-0.4, -0.2) is 11.7 Å². The van der Waals surface area contributed by atoms with E-state index in [1.165, 1.54) is 12.1 Å². The highest BCUT2D eigenvalue weighted by molar-refractivity contribution is 5.85. The van der Waals surface area contributed by atoms with E-state index < -0.39 is 23.4 Å². The molecule has 0 bridgehead atoms. The quantitative estimate of drug-likeness (QED) is 0.657. The highest BCUT2D eigenvalue weighted by Gasteiger charge is 2.29. The molecule has 0 spiro atoms. The lowest BCUT2D eigenvalue weighted by Crippen LogP contribution is -2.27. The zero-order valence-corrected chi connectivity index (χ0v) is 14.7. The number of amides is 1. The largest absolute Gasteiger partial charge is 0.444 e. The molecular weight excluding hydrogens is 343 g/mol. The van der Waals surface area contributed by atoms with E-state index in [9.17, 15) is 18.0 Å². The van der Waals surface area contributed by atoms with Crippen LogP contribution in [0.5, 0.6) is 0 Å². The van der Waals surface area contributed by atoms with Crippen LogP contribution in [0.3, 0.4) is 0 Å². The second-order valence-corrected chi connectivity index (χ2v) is 6.70. The van der Waals surface area contributed by atoms with Gasteiger partial charge in [-0.05, 0) is 56.2 Å². The zero-order chi connectivity index (χ0) is 19.4. The Kier molecular flexibility index (Phi) is 5.75. The van der Waals surface area contributed by atoms with Crippen LogP contribution in [0, 0.1) is 0 Å². The Balaban J connectivity index is 1.98. The summed E-state index contributed by atoms with van der Waals surface area (Å²) in [5, 5.41) is 2.63. The minimum absolute atomic E-state index is 0.537. The van der Waals surface area contributed by atoms with Gasteiger partial charge in [0.25, 0.3) is 0 Å². The summed E-state index contributed by atoms with van der Waals surface area (Å²) < 4.78 is 42.8.